The van der Waals surface area contributed by atoms with Crippen LogP contribution in [0, 0.1) is 11.8 Å². The van der Waals surface area contributed by atoms with E-state index in [2.05, 4.69) is 5.32 Å². The summed E-state index contributed by atoms with van der Waals surface area (Å²) in [7, 11) is 0. The third-order valence-corrected chi connectivity index (χ3v) is 6.04. The molecule has 2 unspecified atom stereocenters. The summed E-state index contributed by atoms with van der Waals surface area (Å²) in [6.45, 7) is 0.715. The first kappa shape index (κ1) is 26.2. The summed E-state index contributed by atoms with van der Waals surface area (Å²) in [6, 6.07) is 19.4. The van der Waals surface area contributed by atoms with Gasteiger partial charge in [0.05, 0.1) is 25.0 Å². The van der Waals surface area contributed by atoms with Crippen molar-refractivity contribution >= 4 is 17.8 Å². The first-order valence-electron chi connectivity index (χ1n) is 12.1. The van der Waals surface area contributed by atoms with Crippen LogP contribution < -0.4 is 5.32 Å². The molecular weight excluding hydrogens is 444 g/mol. The van der Waals surface area contributed by atoms with Gasteiger partial charge < -0.3 is 20.1 Å². The van der Waals surface area contributed by atoms with Gasteiger partial charge in [0.15, 0.2) is 0 Å². The zero-order valence-corrected chi connectivity index (χ0v) is 20.0. The van der Waals surface area contributed by atoms with Gasteiger partial charge in [-0.1, -0.05) is 72.8 Å². The van der Waals surface area contributed by atoms with Crippen molar-refractivity contribution in [1.29, 1.82) is 0 Å². The first-order valence-corrected chi connectivity index (χ1v) is 12.1. The predicted molar refractivity (Wildman–Crippen MR) is 133 cm³/mol. The Morgan fingerprint density at radius 1 is 0.943 bits per heavy atom. The van der Waals surface area contributed by atoms with Crippen LogP contribution in [-0.2, 0) is 32.1 Å². The van der Waals surface area contributed by atoms with Crippen LogP contribution in [0.5, 0.6) is 0 Å². The number of aliphatic hydroxyl groups excluding tert-OH is 1. The molecule has 2 atom stereocenters. The molecule has 2 N–H and O–H groups in total. The molecule has 1 aliphatic heterocycles. The lowest BCUT2D eigenvalue weighted by Gasteiger charge is -2.24. The SMILES string of the molecule is O=C1NCCOC(=O)C(Cc2ccccc2)CC=CCC1CC(=O)N(CCO)Cc1ccccc1. The molecule has 186 valence electrons. The van der Waals surface area contributed by atoms with Crippen LogP contribution in [-0.4, -0.2) is 54.1 Å². The van der Waals surface area contributed by atoms with Crippen LogP contribution in [0.3, 0.4) is 0 Å². The molecular formula is C28H34N2O5. The molecule has 7 nitrogen and oxygen atoms in total. The molecule has 0 fully saturated rings. The highest BCUT2D eigenvalue weighted by Gasteiger charge is 2.25. The highest BCUT2D eigenvalue weighted by molar-refractivity contribution is 5.86. The van der Waals surface area contributed by atoms with E-state index in [0.29, 0.717) is 25.8 Å². The number of amides is 2. The van der Waals surface area contributed by atoms with Gasteiger partial charge in [-0.15, -0.1) is 0 Å². The lowest BCUT2D eigenvalue weighted by molar-refractivity contribution is -0.148. The van der Waals surface area contributed by atoms with Crippen LogP contribution in [0.4, 0.5) is 0 Å². The van der Waals surface area contributed by atoms with E-state index in [9.17, 15) is 19.5 Å². The highest BCUT2D eigenvalue weighted by Crippen LogP contribution is 2.18. The Balaban J connectivity index is 1.65. The molecule has 35 heavy (non-hydrogen) atoms. The van der Waals surface area contributed by atoms with Crippen molar-refractivity contribution in [3.63, 3.8) is 0 Å². The smallest absolute Gasteiger partial charge is 0.309 e. The van der Waals surface area contributed by atoms with Crippen molar-refractivity contribution in [2.24, 2.45) is 11.8 Å². The number of hydrogen-bond donors (Lipinski definition) is 2. The number of nitrogens with one attached hydrogen (secondary N) is 1. The molecule has 0 saturated carbocycles. The van der Waals surface area contributed by atoms with Gasteiger partial charge in [-0.2, -0.15) is 0 Å². The minimum absolute atomic E-state index is 0.0379. The van der Waals surface area contributed by atoms with Gasteiger partial charge in [-0.05, 0) is 30.4 Å². The van der Waals surface area contributed by atoms with Gasteiger partial charge in [-0.25, -0.2) is 0 Å². The Kier molecular flexibility index (Phi) is 10.5. The molecule has 3 rings (SSSR count). The number of esters is 1. The van der Waals surface area contributed by atoms with Crippen LogP contribution in [0.2, 0.25) is 0 Å². The number of benzene rings is 2. The van der Waals surface area contributed by atoms with Crippen LogP contribution in [0.1, 0.15) is 30.4 Å². The monoisotopic (exact) mass is 478 g/mol. The fourth-order valence-electron chi connectivity index (χ4n) is 4.11. The van der Waals surface area contributed by atoms with E-state index in [1.807, 2.05) is 72.8 Å². The van der Waals surface area contributed by atoms with Crippen molar-refractivity contribution in [3.05, 3.63) is 83.9 Å². The van der Waals surface area contributed by atoms with E-state index in [1.165, 1.54) is 0 Å². The Morgan fingerprint density at radius 2 is 1.57 bits per heavy atom. The summed E-state index contributed by atoms with van der Waals surface area (Å²) in [5.41, 5.74) is 2.03. The second-order valence-corrected chi connectivity index (χ2v) is 8.71. The van der Waals surface area contributed by atoms with Gasteiger partial charge >= 0.3 is 5.97 Å². The van der Waals surface area contributed by atoms with E-state index >= 15 is 0 Å². The average Bonchev–Trinajstić information content (AvgIpc) is 2.87. The minimum Gasteiger partial charge on any atom is -0.464 e. The maximum atomic E-state index is 13.1. The first-order chi connectivity index (χ1) is 17.1. The van der Waals surface area contributed by atoms with Crippen molar-refractivity contribution < 1.29 is 24.2 Å². The molecule has 0 aromatic heterocycles. The van der Waals surface area contributed by atoms with E-state index in [4.69, 9.17) is 4.74 Å². The standard InChI is InChI=1S/C28H34N2O5/c31-17-16-30(21-23-11-5-2-6-12-23)26(32)20-24-13-7-8-14-25(19-22-9-3-1-4-10-22)28(34)35-18-15-29-27(24)33/h1-12,24-25,31H,13-21H2,(H,29,33). The fourth-order valence-corrected chi connectivity index (χ4v) is 4.11. The Morgan fingerprint density at radius 3 is 2.23 bits per heavy atom. The second-order valence-electron chi connectivity index (χ2n) is 8.71. The maximum absolute atomic E-state index is 13.1. The number of aliphatic hydroxyl groups is 1. The van der Waals surface area contributed by atoms with E-state index in [-0.39, 0.29) is 56.4 Å². The summed E-state index contributed by atoms with van der Waals surface area (Å²) in [5, 5.41) is 12.2. The minimum atomic E-state index is -0.543. The van der Waals surface area contributed by atoms with Crippen molar-refractivity contribution in [3.8, 4) is 0 Å². The summed E-state index contributed by atoms with van der Waals surface area (Å²) in [4.78, 5) is 40.0. The number of ether oxygens (including phenoxy) is 1. The number of rotatable bonds is 8. The number of hydrogen-bond acceptors (Lipinski definition) is 5. The largest absolute Gasteiger partial charge is 0.464 e. The van der Waals surface area contributed by atoms with Crippen LogP contribution in [0.15, 0.2) is 72.8 Å². The number of cyclic esters (lactones) is 1. The van der Waals surface area contributed by atoms with Gasteiger partial charge in [0.2, 0.25) is 11.8 Å². The van der Waals surface area contributed by atoms with Gasteiger partial charge in [0.25, 0.3) is 0 Å². The molecule has 1 aliphatic rings. The maximum Gasteiger partial charge on any atom is 0.309 e. The molecule has 2 aromatic rings. The molecule has 0 spiro atoms. The topological polar surface area (TPSA) is 95.9 Å². The van der Waals surface area contributed by atoms with Gasteiger partial charge in [0, 0.05) is 19.5 Å². The lowest BCUT2D eigenvalue weighted by Crippen LogP contribution is -2.39. The zero-order chi connectivity index (χ0) is 24.9. The molecule has 0 radical (unpaired) electrons. The van der Waals surface area contributed by atoms with E-state index in [0.717, 1.165) is 11.1 Å². The third kappa shape index (κ3) is 8.68. The van der Waals surface area contributed by atoms with E-state index < -0.39 is 5.92 Å². The number of allylic oxidation sites excluding steroid dienone is 2. The number of carbonyl (C=O) groups excluding carboxylic acids is 3. The van der Waals surface area contributed by atoms with Crippen molar-refractivity contribution in [1.82, 2.24) is 10.2 Å². The summed E-state index contributed by atoms with van der Waals surface area (Å²) < 4.78 is 5.41. The normalized spacial score (nSPS) is 19.1. The zero-order valence-electron chi connectivity index (χ0n) is 20.0. The van der Waals surface area contributed by atoms with Crippen LogP contribution in [0.25, 0.3) is 0 Å². The molecule has 0 aliphatic carbocycles. The Labute approximate surface area is 206 Å². The predicted octanol–water partition coefficient (Wildman–Crippen LogP) is 2.88. The van der Waals surface area contributed by atoms with E-state index in [1.54, 1.807) is 4.90 Å². The summed E-state index contributed by atoms with van der Waals surface area (Å²) >= 11 is 0. The summed E-state index contributed by atoms with van der Waals surface area (Å²) in [5.74, 6) is -1.56. The van der Waals surface area contributed by atoms with Crippen molar-refractivity contribution in [2.75, 3.05) is 26.3 Å². The van der Waals surface area contributed by atoms with Gasteiger partial charge in [-0.3, -0.25) is 14.4 Å². The fraction of sp³-hybridized carbons (Fsp3) is 0.393. The number of carbonyl (C=O) groups is 3. The number of nitrogens with zero attached hydrogens (tertiary/aromatic N) is 1. The molecule has 0 saturated heterocycles. The highest BCUT2D eigenvalue weighted by atomic mass is 16.5. The molecule has 0 bridgehead atoms. The molecule has 1 heterocycles. The second kappa shape index (κ2) is 14.1. The van der Waals surface area contributed by atoms with Gasteiger partial charge in [0.1, 0.15) is 6.61 Å². The molecule has 2 aromatic carbocycles. The summed E-state index contributed by atoms with van der Waals surface area (Å²) in [6.07, 6.45) is 5.28. The van der Waals surface area contributed by atoms with Crippen LogP contribution >= 0.6 is 0 Å². The quantitative estimate of drug-likeness (QED) is 0.449. The molecule has 7 heteroatoms. The molecule has 2 amide bonds. The average molecular weight is 479 g/mol. The Bertz CT molecular complexity index is 977. The lowest BCUT2D eigenvalue weighted by atomic mass is 9.94. The van der Waals surface area contributed by atoms with Crippen molar-refractivity contribution in [2.45, 2.75) is 32.2 Å². The Hall–Kier alpha value is -3.45. The third-order valence-electron chi connectivity index (χ3n) is 6.04.